The van der Waals surface area contributed by atoms with Crippen LogP contribution in [0.4, 0.5) is 8.78 Å². The van der Waals surface area contributed by atoms with Crippen molar-refractivity contribution in [2.45, 2.75) is 13.3 Å². The maximum Gasteiger partial charge on any atom is 0.266 e. The van der Waals surface area contributed by atoms with Crippen LogP contribution >= 0.6 is 22.6 Å². The van der Waals surface area contributed by atoms with Crippen molar-refractivity contribution in [3.63, 3.8) is 0 Å². The lowest BCUT2D eigenvalue weighted by atomic mass is 10.1. The molecule has 0 fully saturated rings. The minimum absolute atomic E-state index is 0.185. The Morgan fingerprint density at radius 1 is 1.58 bits per heavy atom. The van der Waals surface area contributed by atoms with Crippen LogP contribution in [0.5, 0.6) is 5.75 Å². The van der Waals surface area contributed by atoms with Gasteiger partial charge in [-0.25, -0.2) is 13.8 Å². The molecule has 12 heavy (non-hydrogen) atoms. The lowest BCUT2D eigenvalue weighted by molar-refractivity contribution is 0.148. The quantitative estimate of drug-likeness (QED) is 0.635. The van der Waals surface area contributed by atoms with Gasteiger partial charge in [-0.3, -0.25) is 0 Å². The standard InChI is InChI=1S/C7H6F2INO/c1-3-4(12)2-11-7(10)5(3)6(8)9/h2,6,12H,1H3. The molecule has 1 rings (SSSR count). The van der Waals surface area contributed by atoms with E-state index in [4.69, 9.17) is 5.11 Å². The van der Waals surface area contributed by atoms with Gasteiger partial charge in [0, 0.05) is 5.56 Å². The number of rotatable bonds is 1. The van der Waals surface area contributed by atoms with Gasteiger partial charge in [-0.05, 0) is 29.5 Å². The van der Waals surface area contributed by atoms with E-state index in [0.717, 1.165) is 0 Å². The van der Waals surface area contributed by atoms with Gasteiger partial charge in [0.25, 0.3) is 6.43 Å². The second-order valence-corrected chi connectivity index (χ2v) is 3.30. The summed E-state index contributed by atoms with van der Waals surface area (Å²) in [5.74, 6) is -0.189. The topological polar surface area (TPSA) is 33.1 Å². The van der Waals surface area contributed by atoms with Gasteiger partial charge in [0.05, 0.1) is 11.8 Å². The van der Waals surface area contributed by atoms with Crippen molar-refractivity contribution in [3.8, 4) is 5.75 Å². The van der Waals surface area contributed by atoms with E-state index in [2.05, 4.69) is 4.98 Å². The summed E-state index contributed by atoms with van der Waals surface area (Å²) in [4.78, 5) is 3.62. The summed E-state index contributed by atoms with van der Waals surface area (Å²) in [5.41, 5.74) is 0.0139. The number of hydrogen-bond acceptors (Lipinski definition) is 2. The maximum atomic E-state index is 12.3. The van der Waals surface area contributed by atoms with E-state index in [9.17, 15) is 8.78 Å². The molecule has 0 spiro atoms. The normalized spacial score (nSPS) is 10.8. The molecule has 66 valence electrons. The number of pyridine rings is 1. The van der Waals surface area contributed by atoms with Crippen LogP contribution in [0, 0.1) is 10.6 Å². The van der Waals surface area contributed by atoms with Crippen LogP contribution in [0.1, 0.15) is 17.6 Å². The van der Waals surface area contributed by atoms with E-state index in [1.54, 1.807) is 22.6 Å². The fourth-order valence-electron chi connectivity index (χ4n) is 0.831. The van der Waals surface area contributed by atoms with E-state index in [1.165, 1.54) is 13.1 Å². The molecule has 0 aromatic carbocycles. The molecule has 0 bridgehead atoms. The van der Waals surface area contributed by atoms with Gasteiger partial charge in [0.2, 0.25) is 0 Å². The van der Waals surface area contributed by atoms with E-state index < -0.39 is 6.43 Å². The summed E-state index contributed by atoms with van der Waals surface area (Å²) >= 11 is 1.72. The van der Waals surface area contributed by atoms with Gasteiger partial charge < -0.3 is 5.11 Å². The van der Waals surface area contributed by atoms with Crippen molar-refractivity contribution in [3.05, 3.63) is 21.0 Å². The summed E-state index contributed by atoms with van der Waals surface area (Å²) in [5, 5.41) is 9.07. The van der Waals surface area contributed by atoms with E-state index in [1.807, 2.05) is 0 Å². The third-order valence-electron chi connectivity index (χ3n) is 1.53. The molecule has 0 unspecified atom stereocenters. The Morgan fingerprint density at radius 3 is 2.58 bits per heavy atom. The van der Waals surface area contributed by atoms with E-state index >= 15 is 0 Å². The number of halogens is 3. The maximum absolute atomic E-state index is 12.3. The van der Waals surface area contributed by atoms with Crippen molar-refractivity contribution in [1.29, 1.82) is 0 Å². The highest BCUT2D eigenvalue weighted by Gasteiger charge is 2.17. The van der Waals surface area contributed by atoms with Gasteiger partial charge in [0.15, 0.2) is 0 Å². The van der Waals surface area contributed by atoms with Crippen molar-refractivity contribution in [2.75, 3.05) is 0 Å². The molecule has 0 aliphatic rings. The summed E-state index contributed by atoms with van der Waals surface area (Å²) < 4.78 is 24.9. The molecule has 0 amide bonds. The molecule has 1 N–H and O–H groups in total. The monoisotopic (exact) mass is 285 g/mol. The summed E-state index contributed by atoms with van der Waals surface area (Å²) in [6.07, 6.45) is -1.42. The molecular weight excluding hydrogens is 279 g/mol. The van der Waals surface area contributed by atoms with Gasteiger partial charge in [-0.1, -0.05) is 0 Å². The number of hydrogen-bond donors (Lipinski definition) is 1. The molecule has 0 atom stereocenters. The first-order valence-electron chi connectivity index (χ1n) is 3.16. The Bertz CT molecular complexity index is 304. The van der Waals surface area contributed by atoms with E-state index in [-0.39, 0.29) is 20.6 Å². The Hall–Kier alpha value is -0.460. The molecule has 1 heterocycles. The highest BCUT2D eigenvalue weighted by Crippen LogP contribution is 2.30. The molecule has 0 saturated carbocycles. The predicted octanol–water partition coefficient (Wildman–Crippen LogP) is 2.64. The average molecular weight is 285 g/mol. The van der Waals surface area contributed by atoms with Crippen LogP contribution < -0.4 is 0 Å². The van der Waals surface area contributed by atoms with Gasteiger partial charge in [-0.2, -0.15) is 0 Å². The molecule has 0 radical (unpaired) electrons. The zero-order valence-corrected chi connectivity index (χ0v) is 8.34. The first-order valence-corrected chi connectivity index (χ1v) is 4.24. The van der Waals surface area contributed by atoms with Crippen LogP contribution in [0.3, 0.4) is 0 Å². The zero-order chi connectivity index (χ0) is 9.30. The molecule has 2 nitrogen and oxygen atoms in total. The Labute approximate surface area is 81.8 Å². The SMILES string of the molecule is Cc1c(O)cnc(I)c1C(F)F. The van der Waals surface area contributed by atoms with Crippen molar-refractivity contribution >= 4 is 22.6 Å². The predicted molar refractivity (Wildman–Crippen MR) is 48.3 cm³/mol. The van der Waals surface area contributed by atoms with Gasteiger partial charge >= 0.3 is 0 Å². The van der Waals surface area contributed by atoms with Crippen LogP contribution in [-0.2, 0) is 0 Å². The molecule has 0 saturated heterocycles. The third-order valence-corrected chi connectivity index (χ3v) is 2.39. The molecule has 0 aliphatic heterocycles. The van der Waals surface area contributed by atoms with Gasteiger partial charge in [-0.15, -0.1) is 0 Å². The Kier molecular flexibility index (Phi) is 2.81. The number of aromatic nitrogens is 1. The van der Waals surface area contributed by atoms with Crippen LogP contribution in [-0.4, -0.2) is 10.1 Å². The van der Waals surface area contributed by atoms with Crippen molar-refractivity contribution < 1.29 is 13.9 Å². The smallest absolute Gasteiger partial charge is 0.266 e. The summed E-state index contributed by atoms with van der Waals surface area (Å²) in [6.45, 7) is 1.45. The molecular formula is C7H6F2INO. The lowest BCUT2D eigenvalue weighted by Gasteiger charge is -2.07. The zero-order valence-electron chi connectivity index (χ0n) is 6.18. The van der Waals surface area contributed by atoms with Gasteiger partial charge in [0.1, 0.15) is 9.45 Å². The van der Waals surface area contributed by atoms with Crippen molar-refractivity contribution in [1.82, 2.24) is 4.98 Å². The Morgan fingerprint density at radius 2 is 2.17 bits per heavy atom. The van der Waals surface area contributed by atoms with Crippen LogP contribution in [0.15, 0.2) is 6.20 Å². The largest absolute Gasteiger partial charge is 0.506 e. The molecule has 0 aliphatic carbocycles. The second kappa shape index (κ2) is 3.51. The fraction of sp³-hybridized carbons (Fsp3) is 0.286. The first kappa shape index (κ1) is 9.63. The first-order chi connectivity index (χ1) is 5.54. The molecule has 1 aromatic rings. The minimum atomic E-state index is -2.59. The summed E-state index contributed by atoms with van der Waals surface area (Å²) in [7, 11) is 0. The van der Waals surface area contributed by atoms with E-state index in [0.29, 0.717) is 0 Å². The van der Waals surface area contributed by atoms with Crippen LogP contribution in [0.2, 0.25) is 0 Å². The highest BCUT2D eigenvalue weighted by atomic mass is 127. The number of nitrogens with zero attached hydrogens (tertiary/aromatic N) is 1. The Balaban J connectivity index is 3.33. The highest BCUT2D eigenvalue weighted by molar-refractivity contribution is 14.1. The minimum Gasteiger partial charge on any atom is -0.506 e. The number of alkyl halides is 2. The molecule has 5 heteroatoms. The van der Waals surface area contributed by atoms with Crippen LogP contribution in [0.25, 0.3) is 0 Å². The summed E-state index contributed by atoms with van der Waals surface area (Å²) in [6, 6.07) is 0. The van der Waals surface area contributed by atoms with Crippen molar-refractivity contribution in [2.24, 2.45) is 0 Å². The number of aromatic hydroxyl groups is 1. The lowest BCUT2D eigenvalue weighted by Crippen LogP contribution is -1.96. The molecule has 1 aromatic heterocycles. The average Bonchev–Trinajstić information content (AvgIpc) is 1.97. The third kappa shape index (κ3) is 1.65. The fourth-order valence-corrected chi connectivity index (χ4v) is 1.61. The second-order valence-electron chi connectivity index (χ2n) is 2.27.